The highest BCUT2D eigenvalue weighted by Gasteiger charge is 2.57. The molecule has 350 valence electrons. The average molecular weight is 878 g/mol. The first-order valence-electron chi connectivity index (χ1n) is 19.9. The number of hydrogen-bond acceptors (Lipinski definition) is 23. The molecule has 0 saturated carbocycles. The molecular formula is C36H63NO23. The largest absolute Gasteiger partial charge is 0.394 e. The topological polar surface area (TPSA) is 364 Å². The fourth-order valence-electron chi connectivity index (χ4n) is 7.74. The predicted octanol–water partition coefficient (Wildman–Crippen LogP) is -6.87. The lowest BCUT2D eigenvalue weighted by Crippen LogP contribution is -2.70. The van der Waals surface area contributed by atoms with Gasteiger partial charge in [0.1, 0.15) is 97.6 Å². The van der Waals surface area contributed by atoms with Gasteiger partial charge in [0.15, 0.2) is 31.5 Å². The molecule has 5 rings (SSSR count). The summed E-state index contributed by atoms with van der Waals surface area (Å²) in [6.45, 7) is 6.65. The zero-order valence-electron chi connectivity index (χ0n) is 34.0. The van der Waals surface area contributed by atoms with Crippen LogP contribution in [0.2, 0.25) is 0 Å². The number of carbonyl (C=O) groups excluding carboxylic acids is 1. The summed E-state index contributed by atoms with van der Waals surface area (Å²) in [5.74, 6) is -0.719. The molecule has 0 spiro atoms. The SMILES string of the molecule is CC(=O)NC1[C@H](O[C@@H]2C[C@@H](OC(C)(C)C)OC(CO)C2O)OC(CO)C(O[C@@H]2OC(CO)C(O)[C@H](O)C2OC2OC(C)[C@@H](O)C(O)[C@@H]2O)[C@@H]1O[C@@H]1OC(C)C(O)[C@@H](O)C1O. The molecular weight excluding hydrogens is 814 g/mol. The van der Waals surface area contributed by atoms with E-state index in [2.05, 4.69) is 5.32 Å². The van der Waals surface area contributed by atoms with E-state index in [1.807, 2.05) is 0 Å². The molecule has 13 N–H and O–H groups in total. The second kappa shape index (κ2) is 20.6. The Hall–Kier alpha value is -1.41. The third-order valence-corrected chi connectivity index (χ3v) is 11.0. The Morgan fingerprint density at radius 2 is 1.03 bits per heavy atom. The third kappa shape index (κ3) is 11.1. The van der Waals surface area contributed by atoms with Crippen molar-refractivity contribution in [2.24, 2.45) is 0 Å². The number of aliphatic hydroxyl groups excluding tert-OH is 12. The number of hydrogen-bond donors (Lipinski definition) is 13. The maximum Gasteiger partial charge on any atom is 0.217 e. The van der Waals surface area contributed by atoms with E-state index < -0.39 is 179 Å². The van der Waals surface area contributed by atoms with E-state index in [4.69, 9.17) is 47.4 Å². The summed E-state index contributed by atoms with van der Waals surface area (Å²) in [6, 6.07) is -1.55. The van der Waals surface area contributed by atoms with Crippen molar-refractivity contribution in [2.45, 2.75) is 201 Å². The molecule has 5 saturated heterocycles. The molecule has 24 nitrogen and oxygen atoms in total. The molecule has 0 aromatic heterocycles. The molecule has 60 heavy (non-hydrogen) atoms. The molecule has 5 aliphatic rings. The van der Waals surface area contributed by atoms with Crippen LogP contribution in [-0.4, -0.2) is 240 Å². The van der Waals surface area contributed by atoms with Gasteiger partial charge in [0.2, 0.25) is 5.91 Å². The number of nitrogens with one attached hydrogen (secondary N) is 1. The van der Waals surface area contributed by atoms with Crippen LogP contribution in [0.1, 0.15) is 48.0 Å². The highest BCUT2D eigenvalue weighted by molar-refractivity contribution is 5.73. The Bertz CT molecular complexity index is 1360. The Labute approximate surface area is 345 Å². The van der Waals surface area contributed by atoms with E-state index in [-0.39, 0.29) is 6.42 Å². The van der Waals surface area contributed by atoms with Crippen molar-refractivity contribution in [3.63, 3.8) is 0 Å². The molecule has 0 radical (unpaired) electrons. The molecule has 0 aromatic rings. The normalized spacial score (nSPS) is 49.4. The average Bonchev–Trinajstić information content (AvgIpc) is 3.18. The number of aliphatic hydroxyl groups is 12. The van der Waals surface area contributed by atoms with Crippen LogP contribution in [0.15, 0.2) is 0 Å². The first-order chi connectivity index (χ1) is 28.1. The number of carbonyl (C=O) groups is 1. The van der Waals surface area contributed by atoms with Gasteiger partial charge in [-0.15, -0.1) is 0 Å². The highest BCUT2D eigenvalue weighted by Crippen LogP contribution is 2.37. The van der Waals surface area contributed by atoms with E-state index in [0.29, 0.717) is 0 Å². The van der Waals surface area contributed by atoms with Gasteiger partial charge in [0.05, 0.1) is 43.7 Å². The zero-order chi connectivity index (χ0) is 44.5. The van der Waals surface area contributed by atoms with Gasteiger partial charge in [-0.2, -0.15) is 0 Å². The maximum absolute atomic E-state index is 12.9. The van der Waals surface area contributed by atoms with E-state index in [9.17, 15) is 66.1 Å². The van der Waals surface area contributed by atoms with E-state index in [0.717, 1.165) is 6.92 Å². The van der Waals surface area contributed by atoms with E-state index >= 15 is 0 Å². The van der Waals surface area contributed by atoms with Gasteiger partial charge in [-0.25, -0.2) is 0 Å². The van der Waals surface area contributed by atoms with Crippen molar-refractivity contribution in [1.82, 2.24) is 5.32 Å². The van der Waals surface area contributed by atoms with Crippen molar-refractivity contribution >= 4 is 5.91 Å². The lowest BCUT2D eigenvalue weighted by atomic mass is 9.93. The first kappa shape index (κ1) is 49.6. The molecule has 14 unspecified atom stereocenters. The fraction of sp³-hybridized carbons (Fsp3) is 0.972. The minimum atomic E-state index is -1.98. The van der Waals surface area contributed by atoms with Crippen LogP contribution < -0.4 is 5.32 Å². The second-order valence-corrected chi connectivity index (χ2v) is 16.7. The Kier molecular flexibility index (Phi) is 17.0. The zero-order valence-corrected chi connectivity index (χ0v) is 34.0. The lowest BCUT2D eigenvalue weighted by Gasteiger charge is -2.51. The number of ether oxygens (including phenoxy) is 10. The minimum absolute atomic E-state index is 0.139. The fourth-order valence-corrected chi connectivity index (χ4v) is 7.74. The quantitative estimate of drug-likeness (QED) is 0.0818. The smallest absolute Gasteiger partial charge is 0.217 e. The Balaban J connectivity index is 1.54. The molecule has 0 bridgehead atoms. The molecule has 0 aromatic carbocycles. The maximum atomic E-state index is 12.9. The highest BCUT2D eigenvalue weighted by atomic mass is 16.8. The second-order valence-electron chi connectivity index (χ2n) is 16.7. The summed E-state index contributed by atoms with van der Waals surface area (Å²) < 4.78 is 59.7. The van der Waals surface area contributed by atoms with Crippen LogP contribution in [0, 0.1) is 0 Å². The van der Waals surface area contributed by atoms with Gasteiger partial charge in [0.25, 0.3) is 0 Å². The third-order valence-electron chi connectivity index (χ3n) is 11.0. The first-order valence-corrected chi connectivity index (χ1v) is 19.9. The molecule has 5 heterocycles. The van der Waals surface area contributed by atoms with Crippen molar-refractivity contribution < 1.29 is 113 Å². The van der Waals surface area contributed by atoms with E-state index in [1.165, 1.54) is 13.8 Å². The molecule has 24 heteroatoms. The summed E-state index contributed by atoms with van der Waals surface area (Å²) in [5, 5.41) is 131. The molecule has 5 fully saturated rings. The van der Waals surface area contributed by atoms with Crippen molar-refractivity contribution in [2.75, 3.05) is 19.8 Å². The van der Waals surface area contributed by atoms with Crippen molar-refractivity contribution in [3.8, 4) is 0 Å². The van der Waals surface area contributed by atoms with E-state index in [1.54, 1.807) is 20.8 Å². The van der Waals surface area contributed by atoms with Crippen LogP contribution in [0.3, 0.4) is 0 Å². The summed E-state index contributed by atoms with van der Waals surface area (Å²) >= 11 is 0. The van der Waals surface area contributed by atoms with Crippen LogP contribution in [0.4, 0.5) is 0 Å². The summed E-state index contributed by atoms with van der Waals surface area (Å²) in [4.78, 5) is 12.9. The summed E-state index contributed by atoms with van der Waals surface area (Å²) in [6.07, 6.45) is -37.3. The standard InChI is InChI=1S/C36H63NO23/c1-11-20(42)24(46)27(49)33(51-11)58-30-19(37-13(3)41)32(54-14-7-18(60-36(4,5)6)53-15(8-38)22(14)44)56-17(10-40)29(30)57-35-31(26(48)23(45)16(9-39)55-35)59-34-28(50)25(47)21(43)12(2)52-34/h11-12,14-35,38-40,42-50H,7-10H2,1-6H3,(H,37,41)/t11?,12?,14-,15?,16?,17?,18-,19?,20?,21-,22?,23?,24-,25?,26+,27?,28+,29?,30-,31?,32-,33+,34?,35+/m1/s1. The van der Waals surface area contributed by atoms with Crippen LogP contribution in [0.25, 0.3) is 0 Å². The molecule has 24 atom stereocenters. The predicted molar refractivity (Wildman–Crippen MR) is 193 cm³/mol. The number of rotatable bonds is 13. The summed E-state index contributed by atoms with van der Waals surface area (Å²) in [7, 11) is 0. The Morgan fingerprint density at radius 3 is 1.53 bits per heavy atom. The lowest BCUT2D eigenvalue weighted by molar-refractivity contribution is -0.396. The van der Waals surface area contributed by atoms with Crippen molar-refractivity contribution in [1.29, 1.82) is 0 Å². The Morgan fingerprint density at radius 1 is 0.550 bits per heavy atom. The van der Waals surface area contributed by atoms with Gasteiger partial charge in [-0.05, 0) is 34.6 Å². The molecule has 5 aliphatic heterocycles. The van der Waals surface area contributed by atoms with Gasteiger partial charge in [0, 0.05) is 13.3 Å². The van der Waals surface area contributed by atoms with Crippen LogP contribution >= 0.6 is 0 Å². The van der Waals surface area contributed by atoms with Gasteiger partial charge >= 0.3 is 0 Å². The monoisotopic (exact) mass is 877 g/mol. The molecule has 1 amide bonds. The van der Waals surface area contributed by atoms with Gasteiger partial charge < -0.3 is 114 Å². The number of amides is 1. The van der Waals surface area contributed by atoms with Gasteiger partial charge in [-0.3, -0.25) is 4.79 Å². The van der Waals surface area contributed by atoms with Crippen molar-refractivity contribution in [3.05, 3.63) is 0 Å². The van der Waals surface area contributed by atoms with Crippen LogP contribution in [0.5, 0.6) is 0 Å². The molecule has 0 aliphatic carbocycles. The summed E-state index contributed by atoms with van der Waals surface area (Å²) in [5.41, 5.74) is -0.749. The van der Waals surface area contributed by atoms with Crippen LogP contribution in [-0.2, 0) is 52.2 Å². The van der Waals surface area contributed by atoms with Gasteiger partial charge in [-0.1, -0.05) is 0 Å². The minimum Gasteiger partial charge on any atom is -0.394 e.